The monoisotopic (exact) mass is 232 g/mol. The molecule has 0 aliphatic heterocycles. The van der Waals surface area contributed by atoms with Gasteiger partial charge in [-0.05, 0) is 56.6 Å². The number of fused-ring (bicyclic) bond motifs is 1. The number of hydrogen-bond donors (Lipinski definition) is 1. The molecular weight excluding hydrogens is 208 g/mol. The average molecular weight is 232 g/mol. The Bertz CT molecular complexity index is 388. The molecule has 2 atom stereocenters. The van der Waals surface area contributed by atoms with Crippen LogP contribution in [0.3, 0.4) is 0 Å². The Morgan fingerprint density at radius 3 is 2.76 bits per heavy atom. The van der Waals surface area contributed by atoms with Gasteiger partial charge in [0.15, 0.2) is 0 Å². The predicted octanol–water partition coefficient (Wildman–Crippen LogP) is 3.58. The van der Waals surface area contributed by atoms with Gasteiger partial charge in [-0.1, -0.05) is 12.8 Å². The normalized spacial score (nSPS) is 27.1. The molecule has 0 saturated heterocycles. The number of nitrogens with two attached hydrogens (primary N) is 1. The molecule has 3 rings (SSSR count). The summed E-state index contributed by atoms with van der Waals surface area (Å²) in [6, 6.07) is 3.23. The fraction of sp³-hybridized carbons (Fsp3) is 0.733. The van der Waals surface area contributed by atoms with Crippen LogP contribution < -0.4 is 5.73 Å². The van der Waals surface area contributed by atoms with Crippen LogP contribution in [0.2, 0.25) is 0 Å². The molecule has 2 nitrogen and oxygen atoms in total. The highest BCUT2D eigenvalue weighted by atomic mass is 15.0. The van der Waals surface area contributed by atoms with Crippen LogP contribution in [0, 0.1) is 5.92 Å². The minimum absolute atomic E-state index is 0.288. The summed E-state index contributed by atoms with van der Waals surface area (Å²) in [4.78, 5) is 0. The van der Waals surface area contributed by atoms with Crippen molar-refractivity contribution in [2.45, 2.75) is 64.0 Å². The second-order valence-corrected chi connectivity index (χ2v) is 5.91. The SMILES string of the molecule is CC(C1CCCC1)n1ccc2c1CCCC2N. The van der Waals surface area contributed by atoms with Gasteiger partial charge in [-0.3, -0.25) is 0 Å². The van der Waals surface area contributed by atoms with Crippen molar-refractivity contribution < 1.29 is 0 Å². The maximum absolute atomic E-state index is 6.20. The first-order chi connectivity index (χ1) is 8.27. The van der Waals surface area contributed by atoms with Crippen LogP contribution in [0.15, 0.2) is 12.3 Å². The Morgan fingerprint density at radius 1 is 1.24 bits per heavy atom. The van der Waals surface area contributed by atoms with Crippen molar-refractivity contribution in [3.63, 3.8) is 0 Å². The number of rotatable bonds is 2. The van der Waals surface area contributed by atoms with Gasteiger partial charge in [-0.25, -0.2) is 0 Å². The maximum atomic E-state index is 6.20. The lowest BCUT2D eigenvalue weighted by molar-refractivity contribution is 0.349. The summed E-state index contributed by atoms with van der Waals surface area (Å²) in [5.74, 6) is 0.893. The molecular formula is C15H24N2. The second-order valence-electron chi connectivity index (χ2n) is 5.91. The van der Waals surface area contributed by atoms with E-state index in [1.54, 1.807) is 0 Å². The van der Waals surface area contributed by atoms with E-state index in [9.17, 15) is 0 Å². The van der Waals surface area contributed by atoms with E-state index < -0.39 is 0 Å². The second kappa shape index (κ2) is 4.49. The zero-order valence-corrected chi connectivity index (χ0v) is 10.9. The molecule has 1 saturated carbocycles. The Labute approximate surface area is 104 Å². The van der Waals surface area contributed by atoms with Crippen LogP contribution in [0.5, 0.6) is 0 Å². The zero-order valence-electron chi connectivity index (χ0n) is 10.9. The van der Waals surface area contributed by atoms with E-state index in [2.05, 4.69) is 23.8 Å². The Balaban J connectivity index is 1.87. The minimum atomic E-state index is 0.288. The molecule has 1 fully saturated rings. The molecule has 94 valence electrons. The number of aromatic nitrogens is 1. The molecule has 2 heteroatoms. The summed E-state index contributed by atoms with van der Waals surface area (Å²) in [6.45, 7) is 2.40. The third-order valence-corrected chi connectivity index (χ3v) is 4.91. The van der Waals surface area contributed by atoms with Gasteiger partial charge < -0.3 is 10.3 Å². The summed E-state index contributed by atoms with van der Waals surface area (Å²) in [5.41, 5.74) is 9.15. The van der Waals surface area contributed by atoms with Gasteiger partial charge >= 0.3 is 0 Å². The fourth-order valence-electron chi connectivity index (χ4n) is 3.80. The lowest BCUT2D eigenvalue weighted by Crippen LogP contribution is -2.21. The smallest absolute Gasteiger partial charge is 0.0333 e. The van der Waals surface area contributed by atoms with Gasteiger partial charge in [0.05, 0.1) is 0 Å². The van der Waals surface area contributed by atoms with Gasteiger partial charge in [0, 0.05) is 24.0 Å². The summed E-state index contributed by atoms with van der Waals surface area (Å²) in [7, 11) is 0. The maximum Gasteiger partial charge on any atom is 0.0333 e. The van der Waals surface area contributed by atoms with E-state index in [0.29, 0.717) is 6.04 Å². The first-order valence-corrected chi connectivity index (χ1v) is 7.22. The number of hydrogen-bond acceptors (Lipinski definition) is 1. The molecule has 0 radical (unpaired) electrons. The van der Waals surface area contributed by atoms with Crippen LogP contribution in [0.4, 0.5) is 0 Å². The molecule has 0 amide bonds. The predicted molar refractivity (Wildman–Crippen MR) is 71.0 cm³/mol. The zero-order chi connectivity index (χ0) is 11.8. The summed E-state index contributed by atoms with van der Waals surface area (Å²) in [6.07, 6.45) is 11.6. The highest BCUT2D eigenvalue weighted by molar-refractivity contribution is 5.28. The van der Waals surface area contributed by atoms with Crippen LogP contribution >= 0.6 is 0 Å². The lowest BCUT2D eigenvalue weighted by atomic mass is 9.92. The third-order valence-electron chi connectivity index (χ3n) is 4.91. The van der Waals surface area contributed by atoms with Gasteiger partial charge in [-0.2, -0.15) is 0 Å². The number of nitrogens with zero attached hydrogens (tertiary/aromatic N) is 1. The van der Waals surface area contributed by atoms with Crippen LogP contribution in [-0.4, -0.2) is 4.57 Å². The minimum Gasteiger partial charge on any atom is -0.348 e. The Kier molecular flexibility index (Phi) is 2.99. The molecule has 17 heavy (non-hydrogen) atoms. The van der Waals surface area contributed by atoms with Gasteiger partial charge in [0.25, 0.3) is 0 Å². The topological polar surface area (TPSA) is 30.9 Å². The Hall–Kier alpha value is -0.760. The average Bonchev–Trinajstić information content (AvgIpc) is 2.98. The van der Waals surface area contributed by atoms with Crippen molar-refractivity contribution in [1.82, 2.24) is 4.57 Å². The van der Waals surface area contributed by atoms with Crippen molar-refractivity contribution in [3.8, 4) is 0 Å². The first kappa shape index (κ1) is 11.3. The van der Waals surface area contributed by atoms with E-state index in [1.165, 1.54) is 49.8 Å². The summed E-state index contributed by atoms with van der Waals surface area (Å²) >= 11 is 0. The van der Waals surface area contributed by atoms with E-state index in [4.69, 9.17) is 5.73 Å². The van der Waals surface area contributed by atoms with E-state index in [1.807, 2.05) is 0 Å². The summed E-state index contributed by atoms with van der Waals surface area (Å²) < 4.78 is 2.53. The van der Waals surface area contributed by atoms with Gasteiger partial charge in [-0.15, -0.1) is 0 Å². The van der Waals surface area contributed by atoms with Crippen molar-refractivity contribution in [3.05, 3.63) is 23.5 Å². The van der Waals surface area contributed by atoms with Crippen molar-refractivity contribution in [1.29, 1.82) is 0 Å². The molecule has 2 N–H and O–H groups in total. The van der Waals surface area contributed by atoms with Crippen molar-refractivity contribution >= 4 is 0 Å². The molecule has 2 unspecified atom stereocenters. The quantitative estimate of drug-likeness (QED) is 0.830. The van der Waals surface area contributed by atoms with Crippen LogP contribution in [-0.2, 0) is 6.42 Å². The van der Waals surface area contributed by atoms with E-state index in [0.717, 1.165) is 12.3 Å². The van der Waals surface area contributed by atoms with Crippen LogP contribution in [0.1, 0.15) is 68.8 Å². The van der Waals surface area contributed by atoms with Gasteiger partial charge in [0.1, 0.15) is 0 Å². The summed E-state index contributed by atoms with van der Waals surface area (Å²) in [5, 5.41) is 0. The van der Waals surface area contributed by atoms with Gasteiger partial charge in [0.2, 0.25) is 0 Å². The molecule has 1 heterocycles. The van der Waals surface area contributed by atoms with Crippen molar-refractivity contribution in [2.24, 2.45) is 11.7 Å². The first-order valence-electron chi connectivity index (χ1n) is 7.22. The van der Waals surface area contributed by atoms with E-state index >= 15 is 0 Å². The fourth-order valence-corrected chi connectivity index (χ4v) is 3.80. The van der Waals surface area contributed by atoms with Crippen LogP contribution in [0.25, 0.3) is 0 Å². The Morgan fingerprint density at radius 2 is 2.00 bits per heavy atom. The lowest BCUT2D eigenvalue weighted by Gasteiger charge is -2.27. The largest absolute Gasteiger partial charge is 0.348 e. The van der Waals surface area contributed by atoms with E-state index in [-0.39, 0.29) is 6.04 Å². The molecule has 2 aliphatic rings. The molecule has 0 spiro atoms. The standard InChI is InChI=1S/C15H24N2/c1-11(12-5-2-3-6-12)17-10-9-13-14(16)7-4-8-15(13)17/h9-12,14H,2-8,16H2,1H3. The third kappa shape index (κ3) is 1.93. The molecule has 2 aliphatic carbocycles. The molecule has 1 aromatic heterocycles. The highest BCUT2D eigenvalue weighted by Gasteiger charge is 2.27. The molecule has 1 aromatic rings. The molecule has 0 bridgehead atoms. The van der Waals surface area contributed by atoms with Crippen molar-refractivity contribution in [2.75, 3.05) is 0 Å². The highest BCUT2D eigenvalue weighted by Crippen LogP contribution is 2.37. The molecule has 0 aromatic carbocycles.